The Kier molecular flexibility index (Phi) is 12.1. The van der Waals surface area contributed by atoms with Crippen LogP contribution in [0.1, 0.15) is 44.5 Å². The Labute approximate surface area is 445 Å². The molecule has 0 aliphatic rings. The molecule has 370 valence electrons. The van der Waals surface area contributed by atoms with Crippen molar-refractivity contribution in [2.75, 3.05) is 9.80 Å². The fraction of sp³-hybridized carbons (Fsp3) is 0.111. The van der Waals surface area contributed by atoms with Crippen molar-refractivity contribution in [3.8, 4) is 44.5 Å². The maximum Gasteiger partial charge on any atom is 0.148 e. The van der Waals surface area contributed by atoms with E-state index in [1.54, 1.807) is 12.1 Å². The maximum atomic E-state index is 18.1. The van der Waals surface area contributed by atoms with Crippen LogP contribution in [0.2, 0.25) is 0 Å². The average Bonchev–Trinajstić information content (AvgIpc) is 3.39. The minimum atomic E-state index is -0.327. The number of anilines is 6. The minimum absolute atomic E-state index is 0.327. The zero-order valence-electron chi connectivity index (χ0n) is 44.3. The zero-order chi connectivity index (χ0) is 52.5. The summed E-state index contributed by atoms with van der Waals surface area (Å²) in [5, 5.41) is 6.12. The molecule has 0 fully saturated rings. The third kappa shape index (κ3) is 8.74. The second kappa shape index (κ2) is 19.1. The number of benzene rings is 12. The van der Waals surface area contributed by atoms with Gasteiger partial charge in [-0.1, -0.05) is 190 Å². The molecule has 0 aromatic heterocycles. The van der Waals surface area contributed by atoms with Gasteiger partial charge in [0.1, 0.15) is 11.6 Å². The molecule has 12 aromatic rings. The third-order valence-corrected chi connectivity index (χ3v) is 14.9. The normalized spacial score (nSPS) is 11.6. The summed E-state index contributed by atoms with van der Waals surface area (Å²) in [6.45, 7) is 16.8. The van der Waals surface area contributed by atoms with Gasteiger partial charge in [-0.05, 0) is 171 Å². The molecular weight excluding hydrogens is 931 g/mol. The van der Waals surface area contributed by atoms with Crippen molar-refractivity contribution in [2.24, 2.45) is 0 Å². The van der Waals surface area contributed by atoms with Crippen LogP contribution in [0.5, 0.6) is 0 Å². The van der Waals surface area contributed by atoms with E-state index in [1.807, 2.05) is 36.4 Å². The quantitative estimate of drug-likeness (QED) is 0.126. The van der Waals surface area contributed by atoms with Gasteiger partial charge in [-0.2, -0.15) is 0 Å². The van der Waals surface area contributed by atoms with Crippen molar-refractivity contribution in [1.29, 1.82) is 0 Å². The lowest BCUT2D eigenvalue weighted by Crippen LogP contribution is -2.15. The molecule has 0 saturated carbocycles. The van der Waals surface area contributed by atoms with E-state index in [0.717, 1.165) is 144 Å². The topological polar surface area (TPSA) is 6.48 Å². The first-order chi connectivity index (χ1) is 36.7. The molecule has 0 spiro atoms. The lowest BCUT2D eigenvalue weighted by Gasteiger charge is -2.32. The lowest BCUT2D eigenvalue weighted by atomic mass is 9.90. The van der Waals surface area contributed by atoms with E-state index in [9.17, 15) is 0 Å². The summed E-state index contributed by atoms with van der Waals surface area (Å²) >= 11 is 0. The van der Waals surface area contributed by atoms with Crippen molar-refractivity contribution in [3.63, 3.8) is 0 Å². The molecule has 0 radical (unpaired) electrons. The van der Waals surface area contributed by atoms with Crippen LogP contribution in [0.15, 0.2) is 206 Å². The predicted octanol–water partition coefficient (Wildman–Crippen LogP) is 20.9. The van der Waals surface area contributed by atoms with E-state index >= 15 is 8.78 Å². The summed E-state index contributed by atoms with van der Waals surface area (Å²) in [6.07, 6.45) is 0. The van der Waals surface area contributed by atoms with Gasteiger partial charge in [0.15, 0.2) is 0 Å². The highest BCUT2D eigenvalue weighted by molar-refractivity contribution is 6.28. The number of aryl methyl sites for hydroxylation is 8. The summed E-state index contributed by atoms with van der Waals surface area (Å²) in [4.78, 5) is 4.22. The summed E-state index contributed by atoms with van der Waals surface area (Å²) in [5.74, 6) is -0.655. The molecule has 0 heterocycles. The van der Waals surface area contributed by atoms with Crippen LogP contribution in [-0.2, 0) is 0 Å². The third-order valence-electron chi connectivity index (χ3n) is 14.9. The Morgan fingerprint density at radius 3 is 0.895 bits per heavy atom. The first kappa shape index (κ1) is 48.1. The lowest BCUT2D eigenvalue weighted by molar-refractivity contribution is 0.629. The number of nitrogens with zero attached hydrogens (tertiary/aromatic N) is 2. The highest BCUT2D eigenvalue weighted by Crippen LogP contribution is 2.52. The largest absolute Gasteiger partial charge is 0.307 e. The van der Waals surface area contributed by atoms with Crippen LogP contribution in [-0.4, -0.2) is 0 Å². The summed E-state index contributed by atoms with van der Waals surface area (Å²) in [5.41, 5.74) is 20.2. The SMILES string of the molecule is Cc1cc(C)cc(-c2cc(F)c(N(c3ccccc3)c3ccc4ccc5c(N(c6ccccc6)c6c(F)cc(-c7cc(C)cc(C)c7)cc6-c6cc(C)cc(C)c6)ccc6ccc3c4c65)c(-c3cc(C)cc(C)c3)c2)c1. The second-order valence-corrected chi connectivity index (χ2v) is 21.1. The van der Waals surface area contributed by atoms with Gasteiger partial charge in [-0.3, -0.25) is 0 Å². The molecule has 0 saturated heterocycles. The van der Waals surface area contributed by atoms with Crippen LogP contribution in [0.25, 0.3) is 76.8 Å². The number of hydrogen-bond donors (Lipinski definition) is 0. The molecular formula is C72H58F2N2. The molecule has 0 aliphatic heterocycles. The van der Waals surface area contributed by atoms with E-state index in [0.29, 0.717) is 11.4 Å². The van der Waals surface area contributed by atoms with Crippen molar-refractivity contribution in [3.05, 3.63) is 262 Å². The Balaban J connectivity index is 1.13. The fourth-order valence-corrected chi connectivity index (χ4v) is 12.1. The highest BCUT2D eigenvalue weighted by atomic mass is 19.1. The van der Waals surface area contributed by atoms with Gasteiger partial charge in [0, 0.05) is 33.3 Å². The van der Waals surface area contributed by atoms with Crippen molar-refractivity contribution in [2.45, 2.75) is 55.4 Å². The van der Waals surface area contributed by atoms with Crippen LogP contribution < -0.4 is 9.80 Å². The molecule has 12 aromatic carbocycles. The van der Waals surface area contributed by atoms with E-state index in [2.05, 4.69) is 223 Å². The predicted molar refractivity (Wildman–Crippen MR) is 319 cm³/mol. The standard InChI is InChI=1S/C72H58F2N2/c1-43-27-44(2)32-53(31-43)55-39-63(57-35-47(5)29-48(6)36-57)71(65(73)41-55)75(59-15-11-9-12-16-59)67-25-21-51-20-24-62-68(26-22-52-19-23-61(67)69(51)70(52)62)76(60-17-13-10-14-18-60)72-64(58-37-49(7)30-50(8)38-58)40-56(42-66(72)74)54-33-45(3)28-46(4)34-54/h9-42H,1-8H3. The van der Waals surface area contributed by atoms with E-state index in [1.165, 1.54) is 0 Å². The van der Waals surface area contributed by atoms with Gasteiger partial charge in [0.2, 0.25) is 0 Å². The van der Waals surface area contributed by atoms with E-state index < -0.39 is 0 Å². The second-order valence-electron chi connectivity index (χ2n) is 21.1. The van der Waals surface area contributed by atoms with Gasteiger partial charge in [-0.25, -0.2) is 8.78 Å². The Morgan fingerprint density at radius 2 is 0.566 bits per heavy atom. The molecule has 0 atom stereocenters. The van der Waals surface area contributed by atoms with Crippen LogP contribution in [0.3, 0.4) is 0 Å². The van der Waals surface area contributed by atoms with E-state index in [4.69, 9.17) is 0 Å². The van der Waals surface area contributed by atoms with Gasteiger partial charge >= 0.3 is 0 Å². The van der Waals surface area contributed by atoms with Crippen LogP contribution >= 0.6 is 0 Å². The smallest absolute Gasteiger partial charge is 0.148 e. The van der Waals surface area contributed by atoms with Gasteiger partial charge in [0.25, 0.3) is 0 Å². The van der Waals surface area contributed by atoms with Crippen molar-refractivity contribution in [1.82, 2.24) is 0 Å². The van der Waals surface area contributed by atoms with Crippen molar-refractivity contribution >= 4 is 66.4 Å². The van der Waals surface area contributed by atoms with Crippen LogP contribution in [0.4, 0.5) is 42.9 Å². The average molecular weight is 989 g/mol. The molecule has 76 heavy (non-hydrogen) atoms. The minimum Gasteiger partial charge on any atom is -0.307 e. The van der Waals surface area contributed by atoms with Gasteiger partial charge in [0.05, 0.1) is 22.7 Å². The molecule has 0 unspecified atom stereocenters. The fourth-order valence-electron chi connectivity index (χ4n) is 12.1. The summed E-state index contributed by atoms with van der Waals surface area (Å²) in [7, 11) is 0. The van der Waals surface area contributed by atoms with Gasteiger partial charge in [-0.15, -0.1) is 0 Å². The highest BCUT2D eigenvalue weighted by Gasteiger charge is 2.29. The molecule has 0 bridgehead atoms. The molecule has 0 N–H and O–H groups in total. The van der Waals surface area contributed by atoms with Crippen molar-refractivity contribution < 1.29 is 8.78 Å². The monoisotopic (exact) mass is 988 g/mol. The number of hydrogen-bond acceptors (Lipinski definition) is 2. The molecule has 0 amide bonds. The summed E-state index contributed by atoms with van der Waals surface area (Å²) < 4.78 is 36.2. The molecule has 0 aliphatic carbocycles. The number of para-hydroxylation sites is 2. The molecule has 12 rings (SSSR count). The first-order valence-corrected chi connectivity index (χ1v) is 26.2. The number of rotatable bonds is 10. The first-order valence-electron chi connectivity index (χ1n) is 26.2. The van der Waals surface area contributed by atoms with Crippen LogP contribution in [0, 0.1) is 67.0 Å². The molecule has 2 nitrogen and oxygen atoms in total. The zero-order valence-corrected chi connectivity index (χ0v) is 44.3. The van der Waals surface area contributed by atoms with Gasteiger partial charge < -0.3 is 9.80 Å². The Hall–Kier alpha value is -8.86. The summed E-state index contributed by atoms with van der Waals surface area (Å²) in [6, 6.07) is 71.2. The van der Waals surface area contributed by atoms with E-state index in [-0.39, 0.29) is 11.6 Å². The number of halogens is 2. The Morgan fingerprint density at radius 1 is 0.276 bits per heavy atom. The maximum absolute atomic E-state index is 18.1. The Bertz CT molecular complexity index is 3880. The molecule has 4 heteroatoms.